The normalized spacial score (nSPS) is 13.6. The highest BCUT2D eigenvalue weighted by molar-refractivity contribution is 6.03. The zero-order valence-corrected chi connectivity index (χ0v) is 13.4. The van der Waals surface area contributed by atoms with Crippen LogP contribution in [-0.2, 0) is 4.74 Å². The summed E-state index contributed by atoms with van der Waals surface area (Å²) in [7, 11) is 1.31. The summed E-state index contributed by atoms with van der Waals surface area (Å²) in [5.74, 6) is -0.229. The van der Waals surface area contributed by atoms with E-state index in [9.17, 15) is 9.59 Å². The van der Waals surface area contributed by atoms with Gasteiger partial charge < -0.3 is 15.0 Å². The summed E-state index contributed by atoms with van der Waals surface area (Å²) in [5.41, 5.74) is 1.16. The van der Waals surface area contributed by atoms with Crippen LogP contribution in [0.1, 0.15) is 33.7 Å². The second kappa shape index (κ2) is 7.08. The second-order valence-electron chi connectivity index (χ2n) is 5.46. The number of amides is 1. The van der Waals surface area contributed by atoms with Gasteiger partial charge in [0.05, 0.1) is 12.7 Å². The first-order valence-electron chi connectivity index (χ1n) is 7.75. The minimum atomic E-state index is -0.454. The third kappa shape index (κ3) is 3.51. The summed E-state index contributed by atoms with van der Waals surface area (Å²) in [5, 5.41) is 2.74. The van der Waals surface area contributed by atoms with Crippen molar-refractivity contribution in [3.05, 3.63) is 47.8 Å². The fourth-order valence-electron chi connectivity index (χ4n) is 2.58. The topological polar surface area (TPSA) is 84.4 Å². The van der Waals surface area contributed by atoms with Gasteiger partial charge in [0.15, 0.2) is 0 Å². The van der Waals surface area contributed by atoms with Gasteiger partial charge in [-0.15, -0.1) is 0 Å². The van der Waals surface area contributed by atoms with Crippen molar-refractivity contribution in [3.8, 4) is 0 Å². The molecule has 0 unspecified atom stereocenters. The van der Waals surface area contributed by atoms with Crippen LogP contribution in [0.5, 0.6) is 0 Å². The molecular weight excluding hydrogens is 308 g/mol. The van der Waals surface area contributed by atoms with Gasteiger partial charge in [0.25, 0.3) is 5.91 Å². The van der Waals surface area contributed by atoms with Crippen LogP contribution in [0.25, 0.3) is 0 Å². The number of methoxy groups -OCH3 is 1. The molecule has 24 heavy (non-hydrogen) atoms. The SMILES string of the molecule is COC(=O)c1cccc(NC(=O)c2ccnc(N3CCCC3)n2)c1. The Balaban J connectivity index is 1.75. The van der Waals surface area contributed by atoms with E-state index in [1.165, 1.54) is 7.11 Å². The fourth-order valence-corrected chi connectivity index (χ4v) is 2.58. The van der Waals surface area contributed by atoms with E-state index in [-0.39, 0.29) is 11.6 Å². The van der Waals surface area contributed by atoms with Gasteiger partial charge in [0, 0.05) is 25.0 Å². The Hall–Kier alpha value is -2.96. The predicted molar refractivity (Wildman–Crippen MR) is 89.2 cm³/mol. The van der Waals surface area contributed by atoms with Crippen molar-refractivity contribution in [2.75, 3.05) is 30.4 Å². The Morgan fingerprint density at radius 2 is 2.00 bits per heavy atom. The molecule has 1 saturated heterocycles. The predicted octanol–water partition coefficient (Wildman–Crippen LogP) is 2.12. The van der Waals surface area contributed by atoms with Crippen molar-refractivity contribution < 1.29 is 14.3 Å². The van der Waals surface area contributed by atoms with Crippen LogP contribution in [0.3, 0.4) is 0 Å². The quantitative estimate of drug-likeness (QED) is 0.866. The number of nitrogens with zero attached hydrogens (tertiary/aromatic N) is 3. The molecule has 0 saturated carbocycles. The van der Waals surface area contributed by atoms with Crippen molar-refractivity contribution in [1.82, 2.24) is 9.97 Å². The number of benzene rings is 1. The molecule has 7 nitrogen and oxygen atoms in total. The van der Waals surface area contributed by atoms with Crippen molar-refractivity contribution >= 4 is 23.5 Å². The van der Waals surface area contributed by atoms with Gasteiger partial charge in [-0.3, -0.25) is 4.79 Å². The fraction of sp³-hybridized carbons (Fsp3) is 0.294. The average molecular weight is 326 g/mol. The highest BCUT2D eigenvalue weighted by atomic mass is 16.5. The molecule has 1 amide bonds. The molecule has 0 spiro atoms. The third-order valence-corrected chi connectivity index (χ3v) is 3.81. The molecule has 0 aliphatic carbocycles. The number of rotatable bonds is 4. The number of esters is 1. The van der Waals surface area contributed by atoms with Crippen molar-refractivity contribution in [3.63, 3.8) is 0 Å². The lowest BCUT2D eigenvalue weighted by Gasteiger charge is -2.15. The molecule has 1 fully saturated rings. The van der Waals surface area contributed by atoms with E-state index in [1.807, 2.05) is 0 Å². The van der Waals surface area contributed by atoms with E-state index in [1.54, 1.807) is 36.5 Å². The molecule has 2 heterocycles. The molecule has 1 aliphatic heterocycles. The average Bonchev–Trinajstić information content (AvgIpc) is 3.16. The Morgan fingerprint density at radius 3 is 2.75 bits per heavy atom. The van der Waals surface area contributed by atoms with Crippen molar-refractivity contribution in [2.24, 2.45) is 0 Å². The summed E-state index contributed by atoms with van der Waals surface area (Å²) in [6.07, 6.45) is 3.81. The van der Waals surface area contributed by atoms with Gasteiger partial charge in [-0.1, -0.05) is 6.07 Å². The molecule has 1 aromatic heterocycles. The molecule has 2 aromatic rings. The molecule has 0 atom stereocenters. The minimum Gasteiger partial charge on any atom is -0.465 e. The highest BCUT2D eigenvalue weighted by Gasteiger charge is 2.17. The van der Waals surface area contributed by atoms with Gasteiger partial charge in [-0.05, 0) is 37.1 Å². The maximum absolute atomic E-state index is 12.4. The van der Waals surface area contributed by atoms with Crippen LogP contribution >= 0.6 is 0 Å². The van der Waals surface area contributed by atoms with Crippen LogP contribution in [0.2, 0.25) is 0 Å². The number of carbonyl (C=O) groups excluding carboxylic acids is 2. The zero-order chi connectivity index (χ0) is 16.9. The van der Waals surface area contributed by atoms with E-state index in [0.29, 0.717) is 17.2 Å². The Kier molecular flexibility index (Phi) is 4.69. The van der Waals surface area contributed by atoms with E-state index in [2.05, 4.69) is 24.9 Å². The highest BCUT2D eigenvalue weighted by Crippen LogP contribution is 2.16. The lowest BCUT2D eigenvalue weighted by atomic mass is 10.2. The van der Waals surface area contributed by atoms with E-state index < -0.39 is 5.97 Å². The molecule has 7 heteroatoms. The van der Waals surface area contributed by atoms with Crippen LogP contribution in [0, 0.1) is 0 Å². The number of nitrogens with one attached hydrogen (secondary N) is 1. The van der Waals surface area contributed by atoms with Crippen molar-refractivity contribution in [1.29, 1.82) is 0 Å². The van der Waals surface area contributed by atoms with E-state index in [0.717, 1.165) is 25.9 Å². The van der Waals surface area contributed by atoms with Gasteiger partial charge in [0.2, 0.25) is 5.95 Å². The number of hydrogen-bond acceptors (Lipinski definition) is 6. The monoisotopic (exact) mass is 326 g/mol. The first-order valence-corrected chi connectivity index (χ1v) is 7.75. The smallest absolute Gasteiger partial charge is 0.337 e. The lowest BCUT2D eigenvalue weighted by molar-refractivity contribution is 0.0600. The molecule has 1 aromatic carbocycles. The van der Waals surface area contributed by atoms with Gasteiger partial charge in [-0.25, -0.2) is 14.8 Å². The molecule has 0 bridgehead atoms. The lowest BCUT2D eigenvalue weighted by Crippen LogP contribution is -2.22. The van der Waals surface area contributed by atoms with Crippen molar-refractivity contribution in [2.45, 2.75) is 12.8 Å². The molecular formula is C17H18N4O3. The number of anilines is 2. The molecule has 124 valence electrons. The Labute approximate surface area is 139 Å². The number of hydrogen-bond donors (Lipinski definition) is 1. The molecule has 3 rings (SSSR count). The maximum atomic E-state index is 12.4. The van der Waals surface area contributed by atoms with Gasteiger partial charge in [-0.2, -0.15) is 0 Å². The summed E-state index contributed by atoms with van der Waals surface area (Å²) < 4.78 is 4.68. The number of ether oxygens (including phenoxy) is 1. The largest absolute Gasteiger partial charge is 0.465 e. The first kappa shape index (κ1) is 15.9. The Morgan fingerprint density at radius 1 is 1.21 bits per heavy atom. The number of carbonyl (C=O) groups is 2. The van der Waals surface area contributed by atoms with Crippen LogP contribution < -0.4 is 10.2 Å². The first-order chi connectivity index (χ1) is 11.7. The van der Waals surface area contributed by atoms with Gasteiger partial charge in [0.1, 0.15) is 5.69 Å². The van der Waals surface area contributed by atoms with Crippen LogP contribution in [0.4, 0.5) is 11.6 Å². The van der Waals surface area contributed by atoms with Crippen LogP contribution in [-0.4, -0.2) is 42.0 Å². The standard InChI is InChI=1S/C17H18N4O3/c1-24-16(23)12-5-4-6-13(11-12)19-15(22)14-7-8-18-17(20-14)21-9-2-3-10-21/h4-8,11H,2-3,9-10H2,1H3,(H,19,22). The Bertz CT molecular complexity index is 757. The summed E-state index contributed by atoms with van der Waals surface area (Å²) in [6, 6.07) is 8.13. The molecule has 1 aliphatic rings. The van der Waals surface area contributed by atoms with E-state index >= 15 is 0 Å². The van der Waals surface area contributed by atoms with E-state index in [4.69, 9.17) is 0 Å². The maximum Gasteiger partial charge on any atom is 0.337 e. The zero-order valence-electron chi connectivity index (χ0n) is 13.4. The summed E-state index contributed by atoms with van der Waals surface area (Å²) in [6.45, 7) is 1.82. The second-order valence-corrected chi connectivity index (χ2v) is 5.46. The minimum absolute atomic E-state index is 0.287. The number of aromatic nitrogens is 2. The molecule has 1 N–H and O–H groups in total. The van der Waals surface area contributed by atoms with Crippen LogP contribution in [0.15, 0.2) is 36.5 Å². The third-order valence-electron chi connectivity index (χ3n) is 3.81. The molecule has 0 radical (unpaired) electrons. The summed E-state index contributed by atoms with van der Waals surface area (Å²) >= 11 is 0. The van der Waals surface area contributed by atoms with Gasteiger partial charge >= 0.3 is 5.97 Å². The summed E-state index contributed by atoms with van der Waals surface area (Å²) in [4.78, 5) is 34.6.